The van der Waals surface area contributed by atoms with Crippen LogP contribution in [0.15, 0.2) is 54.7 Å². The van der Waals surface area contributed by atoms with Crippen molar-refractivity contribution >= 4 is 22.8 Å². The molecular formula is C28H27F3N2O3. The summed E-state index contributed by atoms with van der Waals surface area (Å²) in [7, 11) is 0. The molecule has 1 aromatic heterocycles. The molecule has 3 aliphatic carbocycles. The summed E-state index contributed by atoms with van der Waals surface area (Å²) < 4.78 is 40.7. The molecule has 0 atom stereocenters. The average molecular weight is 497 g/mol. The van der Waals surface area contributed by atoms with Crippen molar-refractivity contribution in [2.75, 3.05) is 0 Å². The van der Waals surface area contributed by atoms with Gasteiger partial charge in [-0.3, -0.25) is 9.59 Å². The first-order valence-electron chi connectivity index (χ1n) is 12.4. The van der Waals surface area contributed by atoms with E-state index in [9.17, 15) is 27.9 Å². The summed E-state index contributed by atoms with van der Waals surface area (Å²) in [4.78, 5) is 25.6. The lowest BCUT2D eigenvalue weighted by Gasteiger charge is -2.37. The SMILES string of the molecule is O=C(NC1(C23CCC(C(=O)O)(CC2)C3)CC1)c1cccc2ccn(Cc3ccc(C(F)(F)F)cc3)c12. The Balaban J connectivity index is 1.27. The Kier molecular flexibility index (Phi) is 4.89. The lowest BCUT2D eigenvalue weighted by Crippen LogP contribution is -2.48. The molecule has 3 saturated carbocycles. The highest BCUT2D eigenvalue weighted by molar-refractivity contribution is 6.06. The van der Waals surface area contributed by atoms with Gasteiger partial charge in [-0.2, -0.15) is 13.2 Å². The first-order valence-corrected chi connectivity index (χ1v) is 12.4. The van der Waals surface area contributed by atoms with E-state index in [-0.39, 0.29) is 16.9 Å². The number of carbonyl (C=O) groups is 2. The van der Waals surface area contributed by atoms with Gasteiger partial charge in [0, 0.05) is 23.7 Å². The van der Waals surface area contributed by atoms with Crippen molar-refractivity contribution in [1.82, 2.24) is 9.88 Å². The molecule has 36 heavy (non-hydrogen) atoms. The number of hydrogen-bond donors (Lipinski definition) is 2. The maximum Gasteiger partial charge on any atom is 0.416 e. The number of carbonyl (C=O) groups excluding carboxylic acids is 1. The third-order valence-corrected chi connectivity index (χ3v) is 9.08. The third kappa shape index (κ3) is 3.44. The van der Waals surface area contributed by atoms with E-state index in [1.165, 1.54) is 12.1 Å². The van der Waals surface area contributed by atoms with Crippen LogP contribution in [0.5, 0.6) is 0 Å². The smallest absolute Gasteiger partial charge is 0.416 e. The summed E-state index contributed by atoms with van der Waals surface area (Å²) in [5, 5.41) is 14.0. The number of aromatic nitrogens is 1. The number of amides is 1. The molecule has 6 rings (SSSR count). The molecule has 1 amide bonds. The standard InChI is InChI=1S/C28H27F3N2O3/c29-28(30,31)20-6-4-18(5-7-20)16-33-15-8-19-2-1-3-21(22(19)33)23(34)32-27(13-14-27)26-11-9-25(17-26,10-12-26)24(35)36/h1-8,15H,9-14,16-17H2,(H,32,34)(H,35,36). The first kappa shape index (κ1) is 23.1. The third-order valence-electron chi connectivity index (χ3n) is 9.08. The Bertz CT molecular complexity index is 1360. The second-order valence-corrected chi connectivity index (χ2v) is 11.0. The number of alkyl halides is 3. The van der Waals surface area contributed by atoms with Crippen LogP contribution in [0.25, 0.3) is 10.9 Å². The summed E-state index contributed by atoms with van der Waals surface area (Å²) in [6.45, 7) is 0.335. The van der Waals surface area contributed by atoms with Gasteiger partial charge in [-0.25, -0.2) is 0 Å². The van der Waals surface area contributed by atoms with Crippen molar-refractivity contribution in [3.05, 3.63) is 71.4 Å². The Morgan fingerprint density at radius 3 is 2.22 bits per heavy atom. The van der Waals surface area contributed by atoms with E-state index in [0.29, 0.717) is 36.9 Å². The summed E-state index contributed by atoms with van der Waals surface area (Å²) >= 11 is 0. The van der Waals surface area contributed by atoms with E-state index < -0.39 is 23.1 Å². The topological polar surface area (TPSA) is 71.3 Å². The van der Waals surface area contributed by atoms with Gasteiger partial charge in [0.15, 0.2) is 0 Å². The van der Waals surface area contributed by atoms with Crippen molar-refractivity contribution in [1.29, 1.82) is 0 Å². The van der Waals surface area contributed by atoms with Gasteiger partial charge in [0.05, 0.1) is 22.1 Å². The van der Waals surface area contributed by atoms with E-state index in [1.54, 1.807) is 6.07 Å². The summed E-state index contributed by atoms with van der Waals surface area (Å²) in [6, 6.07) is 12.5. The highest BCUT2D eigenvalue weighted by Gasteiger charge is 2.69. The van der Waals surface area contributed by atoms with Crippen LogP contribution in [0.2, 0.25) is 0 Å². The summed E-state index contributed by atoms with van der Waals surface area (Å²) in [5.74, 6) is -0.894. The number of benzene rings is 2. The lowest BCUT2D eigenvalue weighted by atomic mass is 9.74. The van der Waals surface area contributed by atoms with E-state index >= 15 is 0 Å². The zero-order chi connectivity index (χ0) is 25.3. The molecule has 5 nitrogen and oxygen atoms in total. The number of carboxylic acid groups (broad SMARTS) is 1. The minimum absolute atomic E-state index is 0.156. The number of carboxylic acids is 1. The van der Waals surface area contributed by atoms with Gasteiger partial charge in [-0.1, -0.05) is 24.3 Å². The fourth-order valence-corrected chi connectivity index (χ4v) is 6.92. The number of rotatable bonds is 6. The molecule has 0 spiro atoms. The molecule has 2 aromatic carbocycles. The number of nitrogens with one attached hydrogen (secondary N) is 1. The quantitative estimate of drug-likeness (QED) is 0.439. The Labute approximate surface area is 206 Å². The fourth-order valence-electron chi connectivity index (χ4n) is 6.92. The van der Waals surface area contributed by atoms with E-state index in [1.807, 2.05) is 29.0 Å². The monoisotopic (exact) mass is 496 g/mol. The zero-order valence-corrected chi connectivity index (χ0v) is 19.7. The minimum atomic E-state index is -4.38. The molecule has 3 aromatic rings. The molecule has 3 fully saturated rings. The first-order chi connectivity index (χ1) is 17.1. The van der Waals surface area contributed by atoms with Gasteiger partial charge >= 0.3 is 12.1 Å². The second kappa shape index (κ2) is 7.60. The van der Waals surface area contributed by atoms with Crippen LogP contribution in [0, 0.1) is 10.8 Å². The number of hydrogen-bond acceptors (Lipinski definition) is 2. The molecular weight excluding hydrogens is 469 g/mol. The minimum Gasteiger partial charge on any atom is -0.481 e. The Morgan fingerprint density at radius 2 is 1.64 bits per heavy atom. The van der Waals surface area contributed by atoms with E-state index in [4.69, 9.17) is 0 Å². The maximum atomic E-state index is 13.6. The van der Waals surface area contributed by atoms with Crippen molar-refractivity contribution in [2.24, 2.45) is 10.8 Å². The highest BCUT2D eigenvalue weighted by Crippen LogP contribution is 2.70. The molecule has 0 unspecified atom stereocenters. The number of fused-ring (bicyclic) bond motifs is 3. The van der Waals surface area contributed by atoms with Crippen LogP contribution < -0.4 is 5.32 Å². The number of nitrogens with zero attached hydrogens (tertiary/aromatic N) is 1. The molecule has 2 bridgehead atoms. The average Bonchev–Trinajstić information content (AvgIpc) is 3.19. The van der Waals surface area contributed by atoms with E-state index in [0.717, 1.165) is 48.7 Å². The largest absolute Gasteiger partial charge is 0.481 e. The van der Waals surface area contributed by atoms with Gasteiger partial charge in [-0.05, 0) is 80.2 Å². The van der Waals surface area contributed by atoms with Gasteiger partial charge in [0.2, 0.25) is 0 Å². The molecule has 3 aliphatic rings. The Morgan fingerprint density at radius 1 is 0.944 bits per heavy atom. The molecule has 1 heterocycles. The molecule has 8 heteroatoms. The number of halogens is 3. The van der Waals surface area contributed by atoms with Gasteiger partial charge in [0.1, 0.15) is 0 Å². The Hall–Kier alpha value is -3.29. The molecule has 0 radical (unpaired) electrons. The predicted molar refractivity (Wildman–Crippen MR) is 128 cm³/mol. The highest BCUT2D eigenvalue weighted by atomic mass is 19.4. The van der Waals surface area contributed by atoms with Crippen LogP contribution in [0.1, 0.15) is 66.4 Å². The predicted octanol–water partition coefficient (Wildman–Crippen LogP) is 6.01. The van der Waals surface area contributed by atoms with Crippen LogP contribution in [-0.2, 0) is 17.5 Å². The lowest BCUT2D eigenvalue weighted by molar-refractivity contribution is -0.148. The molecule has 0 aliphatic heterocycles. The summed E-state index contributed by atoms with van der Waals surface area (Å²) in [6.07, 6.45) is 2.81. The van der Waals surface area contributed by atoms with Crippen LogP contribution >= 0.6 is 0 Å². The van der Waals surface area contributed by atoms with Gasteiger partial charge in [0.25, 0.3) is 5.91 Å². The van der Waals surface area contributed by atoms with Gasteiger partial charge < -0.3 is 15.0 Å². The molecule has 188 valence electrons. The zero-order valence-electron chi connectivity index (χ0n) is 19.7. The van der Waals surface area contributed by atoms with E-state index in [2.05, 4.69) is 5.32 Å². The van der Waals surface area contributed by atoms with Crippen molar-refractivity contribution in [3.63, 3.8) is 0 Å². The normalized spacial score (nSPS) is 26.3. The maximum absolute atomic E-state index is 13.6. The molecule has 0 saturated heterocycles. The van der Waals surface area contributed by atoms with Crippen molar-refractivity contribution in [2.45, 2.75) is 63.2 Å². The van der Waals surface area contributed by atoms with Crippen LogP contribution in [-0.4, -0.2) is 27.1 Å². The van der Waals surface area contributed by atoms with Crippen LogP contribution in [0.3, 0.4) is 0 Å². The van der Waals surface area contributed by atoms with Crippen molar-refractivity contribution in [3.8, 4) is 0 Å². The molecule has 2 N–H and O–H groups in total. The van der Waals surface area contributed by atoms with Crippen molar-refractivity contribution < 1.29 is 27.9 Å². The summed E-state index contributed by atoms with van der Waals surface area (Å²) in [5.41, 5.74) is 0.116. The van der Waals surface area contributed by atoms with Crippen LogP contribution in [0.4, 0.5) is 13.2 Å². The fraction of sp³-hybridized carbons (Fsp3) is 0.429. The number of aliphatic carboxylic acids is 1. The second-order valence-electron chi connectivity index (χ2n) is 11.0. The number of para-hydroxylation sites is 1. The van der Waals surface area contributed by atoms with Gasteiger partial charge in [-0.15, -0.1) is 0 Å².